The molecule has 0 bridgehead atoms. The number of ether oxygens (including phenoxy) is 1. The first-order valence-corrected chi connectivity index (χ1v) is 10.1. The maximum Gasteiger partial charge on any atom is 0.306 e. The number of carbonyl (C=O) groups is 2. The molecule has 0 atom stereocenters. The van der Waals surface area contributed by atoms with E-state index in [0.717, 1.165) is 24.9 Å². The molecule has 1 amide bonds. The number of hydrogen-bond donors (Lipinski definition) is 1. The van der Waals surface area contributed by atoms with Crippen LogP contribution in [-0.4, -0.2) is 18.4 Å². The van der Waals surface area contributed by atoms with Crippen molar-refractivity contribution in [3.8, 4) is 11.1 Å². The molecule has 28 heavy (non-hydrogen) atoms. The molecule has 2 aromatic rings. The zero-order chi connectivity index (χ0) is 20.9. The van der Waals surface area contributed by atoms with Gasteiger partial charge in [-0.3, -0.25) is 9.59 Å². The summed E-state index contributed by atoms with van der Waals surface area (Å²) in [5, 5.41) is 2.57. The third-order valence-electron chi connectivity index (χ3n) is 4.25. The second-order valence-electron chi connectivity index (χ2n) is 6.47. The van der Waals surface area contributed by atoms with Crippen LogP contribution in [0.1, 0.15) is 56.7 Å². The smallest absolute Gasteiger partial charge is 0.306 e. The number of hydrogen-bond acceptors (Lipinski definition) is 3. The van der Waals surface area contributed by atoms with Gasteiger partial charge in [-0.15, -0.1) is 0 Å². The minimum Gasteiger partial charge on any atom is -0.461 e. The molecular weight excluding hydrogens is 350 g/mol. The number of carbonyl (C=O) groups excluding carboxylic acids is 2. The van der Waals surface area contributed by atoms with Crippen LogP contribution in [0.4, 0.5) is 0 Å². The summed E-state index contributed by atoms with van der Waals surface area (Å²) in [7, 11) is 0. The molecule has 152 valence electrons. The quantitative estimate of drug-likeness (QED) is 0.559. The van der Waals surface area contributed by atoms with E-state index >= 15 is 0 Å². The summed E-state index contributed by atoms with van der Waals surface area (Å²) in [6.07, 6.45) is 2.05. The number of nitrogens with one attached hydrogen (secondary N) is 1. The van der Waals surface area contributed by atoms with Crippen molar-refractivity contribution in [2.24, 2.45) is 0 Å². The van der Waals surface area contributed by atoms with E-state index in [1.165, 1.54) is 22.3 Å². The molecule has 1 fully saturated rings. The topological polar surface area (TPSA) is 55.4 Å². The normalized spacial score (nSPS) is 11.7. The van der Waals surface area contributed by atoms with Gasteiger partial charge in [-0.25, -0.2) is 0 Å². The van der Waals surface area contributed by atoms with Gasteiger partial charge in [0.05, 0.1) is 0 Å². The molecule has 0 unspecified atom stereocenters. The number of amides is 1. The Hall–Kier alpha value is -2.62. The minimum atomic E-state index is -0.127. The van der Waals surface area contributed by atoms with Crippen molar-refractivity contribution in [1.82, 2.24) is 5.32 Å². The molecule has 3 rings (SSSR count). The molecule has 1 N–H and O–H groups in total. The summed E-state index contributed by atoms with van der Waals surface area (Å²) in [6.45, 7) is 11.4. The molecule has 0 saturated carbocycles. The van der Waals surface area contributed by atoms with E-state index in [1.54, 1.807) is 0 Å². The second kappa shape index (κ2) is 12.7. The molecule has 0 radical (unpaired) electrons. The van der Waals surface area contributed by atoms with Crippen LogP contribution in [-0.2, 0) is 20.9 Å². The van der Waals surface area contributed by atoms with E-state index in [-0.39, 0.29) is 11.9 Å². The van der Waals surface area contributed by atoms with E-state index < -0.39 is 0 Å². The van der Waals surface area contributed by atoms with Crippen molar-refractivity contribution in [3.05, 3.63) is 59.2 Å². The van der Waals surface area contributed by atoms with Crippen LogP contribution in [0.15, 0.2) is 42.5 Å². The predicted octanol–water partition coefficient (Wildman–Crippen LogP) is 5.35. The molecule has 4 heteroatoms. The Morgan fingerprint density at radius 1 is 1.04 bits per heavy atom. The average Bonchev–Trinajstić information content (AvgIpc) is 2.68. The first-order chi connectivity index (χ1) is 13.5. The van der Waals surface area contributed by atoms with Crippen molar-refractivity contribution in [2.45, 2.75) is 60.5 Å². The van der Waals surface area contributed by atoms with Gasteiger partial charge in [0, 0.05) is 19.4 Å². The van der Waals surface area contributed by atoms with Gasteiger partial charge in [0.15, 0.2) is 0 Å². The molecule has 0 aromatic heterocycles. The summed E-state index contributed by atoms with van der Waals surface area (Å²) in [6, 6.07) is 14.6. The Balaban J connectivity index is 0.000000476. The summed E-state index contributed by atoms with van der Waals surface area (Å²) < 4.78 is 5.25. The van der Waals surface area contributed by atoms with Crippen LogP contribution in [0.3, 0.4) is 0 Å². The van der Waals surface area contributed by atoms with Gasteiger partial charge >= 0.3 is 5.97 Å². The van der Waals surface area contributed by atoms with Gasteiger partial charge in [-0.1, -0.05) is 63.2 Å². The van der Waals surface area contributed by atoms with Crippen LogP contribution in [0.5, 0.6) is 0 Å². The monoisotopic (exact) mass is 383 g/mol. The lowest BCUT2D eigenvalue weighted by atomic mass is 9.95. The highest BCUT2D eigenvalue weighted by atomic mass is 16.5. The number of esters is 1. The first kappa shape index (κ1) is 23.4. The summed E-state index contributed by atoms with van der Waals surface area (Å²) in [5.41, 5.74) is 5.99. The molecule has 2 aromatic carbocycles. The highest BCUT2D eigenvalue weighted by molar-refractivity contribution is 5.81. The lowest BCUT2D eigenvalue weighted by molar-refractivity contribution is -0.145. The average molecular weight is 384 g/mol. The molecule has 4 nitrogen and oxygen atoms in total. The van der Waals surface area contributed by atoms with Crippen molar-refractivity contribution >= 4 is 11.9 Å². The molecule has 1 saturated heterocycles. The third-order valence-corrected chi connectivity index (χ3v) is 4.25. The summed E-state index contributed by atoms with van der Waals surface area (Å²) >= 11 is 0. The lowest BCUT2D eigenvalue weighted by Gasteiger charge is -2.11. The summed E-state index contributed by atoms with van der Waals surface area (Å²) in [5.74, 6) is 0.0585. The van der Waals surface area contributed by atoms with E-state index in [0.29, 0.717) is 13.0 Å². The van der Waals surface area contributed by atoms with Gasteiger partial charge in [0.2, 0.25) is 5.91 Å². The van der Waals surface area contributed by atoms with Crippen LogP contribution in [0, 0.1) is 13.8 Å². The molecule has 0 aliphatic carbocycles. The van der Waals surface area contributed by atoms with Crippen molar-refractivity contribution < 1.29 is 14.3 Å². The maximum atomic E-state index is 11.4. The Bertz CT molecular complexity index is 762. The Kier molecular flexibility index (Phi) is 10.6. The van der Waals surface area contributed by atoms with E-state index in [4.69, 9.17) is 4.74 Å². The van der Waals surface area contributed by atoms with E-state index in [9.17, 15) is 9.59 Å². The van der Waals surface area contributed by atoms with Crippen LogP contribution >= 0.6 is 0 Å². The Morgan fingerprint density at radius 2 is 1.64 bits per heavy atom. The molecule has 1 heterocycles. The van der Waals surface area contributed by atoms with E-state index in [2.05, 4.69) is 55.6 Å². The highest BCUT2D eigenvalue weighted by Gasteiger charge is 2.08. The van der Waals surface area contributed by atoms with Crippen LogP contribution < -0.4 is 5.32 Å². The van der Waals surface area contributed by atoms with Gasteiger partial charge in [0.1, 0.15) is 6.61 Å². The Labute approximate surface area is 169 Å². The van der Waals surface area contributed by atoms with Crippen LogP contribution in [0.2, 0.25) is 0 Å². The maximum absolute atomic E-state index is 11.4. The second-order valence-corrected chi connectivity index (χ2v) is 6.47. The zero-order valence-corrected chi connectivity index (χ0v) is 17.8. The van der Waals surface area contributed by atoms with Crippen LogP contribution in [0.25, 0.3) is 11.1 Å². The van der Waals surface area contributed by atoms with Crippen molar-refractivity contribution in [3.63, 3.8) is 0 Å². The van der Waals surface area contributed by atoms with Gasteiger partial charge in [-0.05, 0) is 48.1 Å². The SMILES string of the molecule is CC.CCCC(=O)OCc1ccc(-c2ccccc2C)c(C)c1.O=C1CCN1. The fourth-order valence-corrected chi connectivity index (χ4v) is 2.66. The number of rotatable bonds is 5. The number of benzene rings is 2. The fourth-order valence-electron chi connectivity index (χ4n) is 2.66. The molecule has 1 aliphatic rings. The highest BCUT2D eigenvalue weighted by Crippen LogP contribution is 2.27. The summed E-state index contributed by atoms with van der Waals surface area (Å²) in [4.78, 5) is 21.2. The Morgan fingerprint density at radius 3 is 2.14 bits per heavy atom. The standard InChI is InChI=1S/C19H22O2.C3H5NO.C2H6/c1-4-7-19(20)21-13-16-10-11-18(15(3)12-16)17-9-6-5-8-14(17)2;5-3-1-2-4-3;1-2/h5-6,8-12H,4,7,13H2,1-3H3;1-2H2,(H,4,5);1-2H3. The number of β-lactam (4-membered cyclic amide) rings is 1. The largest absolute Gasteiger partial charge is 0.461 e. The fraction of sp³-hybridized carbons (Fsp3) is 0.417. The van der Waals surface area contributed by atoms with Crippen molar-refractivity contribution in [1.29, 1.82) is 0 Å². The lowest BCUT2D eigenvalue weighted by Crippen LogP contribution is -2.37. The molecule has 1 aliphatic heterocycles. The van der Waals surface area contributed by atoms with Crippen molar-refractivity contribution in [2.75, 3.05) is 6.54 Å². The predicted molar refractivity (Wildman–Crippen MR) is 115 cm³/mol. The van der Waals surface area contributed by atoms with Gasteiger partial charge in [-0.2, -0.15) is 0 Å². The zero-order valence-electron chi connectivity index (χ0n) is 17.8. The number of aryl methyl sites for hydroxylation is 2. The van der Waals surface area contributed by atoms with E-state index in [1.807, 2.05) is 26.8 Å². The van der Waals surface area contributed by atoms with Gasteiger partial charge in [0.25, 0.3) is 0 Å². The minimum absolute atomic E-state index is 0.127. The first-order valence-electron chi connectivity index (χ1n) is 10.1. The van der Waals surface area contributed by atoms with Gasteiger partial charge < -0.3 is 10.1 Å². The molecule has 0 spiro atoms. The molecular formula is C24H33NO3. The third kappa shape index (κ3) is 7.55.